The number of halogens is 1. The van der Waals surface area contributed by atoms with E-state index in [1.165, 1.54) is 34.9 Å². The van der Waals surface area contributed by atoms with Crippen molar-refractivity contribution in [2.45, 2.75) is 17.7 Å². The molecule has 31 heavy (non-hydrogen) atoms. The van der Waals surface area contributed by atoms with E-state index in [1.54, 1.807) is 18.2 Å². The van der Waals surface area contributed by atoms with Crippen molar-refractivity contribution in [1.82, 2.24) is 8.87 Å². The third-order valence-corrected chi connectivity index (χ3v) is 8.72. The third-order valence-electron chi connectivity index (χ3n) is 5.48. The number of ether oxygens (including phenoxy) is 1. The molecule has 2 aromatic carbocycles. The molecular formula is C21H22ClN3O4S2. The molecule has 1 aliphatic heterocycles. The van der Waals surface area contributed by atoms with Crippen LogP contribution in [0.1, 0.15) is 12.8 Å². The number of carbonyl (C=O) groups is 1. The van der Waals surface area contributed by atoms with Gasteiger partial charge in [0.2, 0.25) is 10.0 Å². The Balaban J connectivity index is 1.47. The molecule has 0 aliphatic carbocycles. The second-order valence-electron chi connectivity index (χ2n) is 7.36. The lowest BCUT2D eigenvalue weighted by Crippen LogP contribution is -2.40. The Labute approximate surface area is 189 Å². The van der Waals surface area contributed by atoms with E-state index >= 15 is 0 Å². The van der Waals surface area contributed by atoms with Gasteiger partial charge in [-0.25, -0.2) is 8.42 Å². The van der Waals surface area contributed by atoms with Gasteiger partial charge in [-0.2, -0.15) is 9.30 Å². The Hall–Kier alpha value is -2.20. The minimum atomic E-state index is -3.60. The summed E-state index contributed by atoms with van der Waals surface area (Å²) in [6, 6.07) is 11.9. The molecule has 0 atom stereocenters. The van der Waals surface area contributed by atoms with E-state index in [0.29, 0.717) is 28.4 Å². The summed E-state index contributed by atoms with van der Waals surface area (Å²) in [4.78, 5) is 17.9. The summed E-state index contributed by atoms with van der Waals surface area (Å²) < 4.78 is 35.1. The van der Waals surface area contributed by atoms with E-state index in [4.69, 9.17) is 16.3 Å². The summed E-state index contributed by atoms with van der Waals surface area (Å²) >= 11 is 7.47. The van der Waals surface area contributed by atoms with Crippen LogP contribution < -0.4 is 9.54 Å². The number of carbonyl (C=O) groups excluding carboxylic acids is 1. The van der Waals surface area contributed by atoms with Crippen molar-refractivity contribution in [3.8, 4) is 5.75 Å². The van der Waals surface area contributed by atoms with Gasteiger partial charge in [0.15, 0.2) is 4.80 Å². The van der Waals surface area contributed by atoms with Crippen LogP contribution in [0, 0.1) is 5.92 Å². The average molecular weight is 480 g/mol. The average Bonchev–Trinajstić information content (AvgIpc) is 3.08. The lowest BCUT2D eigenvalue weighted by molar-refractivity contribution is -0.122. The van der Waals surface area contributed by atoms with Crippen LogP contribution in [-0.2, 0) is 21.9 Å². The quantitative estimate of drug-likeness (QED) is 0.574. The summed E-state index contributed by atoms with van der Waals surface area (Å²) in [5.74, 6) is 0.0902. The lowest BCUT2D eigenvalue weighted by atomic mass is 9.98. The molecule has 1 aliphatic rings. The number of aryl methyl sites for hydroxylation is 1. The molecule has 164 valence electrons. The van der Waals surface area contributed by atoms with Crippen LogP contribution in [-0.4, -0.2) is 43.4 Å². The Morgan fingerprint density at radius 1 is 1.16 bits per heavy atom. The lowest BCUT2D eigenvalue weighted by Gasteiger charge is -2.29. The summed E-state index contributed by atoms with van der Waals surface area (Å²) in [6.07, 6.45) is 0.885. The fraction of sp³-hybridized carbons (Fsp3) is 0.333. The van der Waals surface area contributed by atoms with Gasteiger partial charge in [-0.1, -0.05) is 22.9 Å². The van der Waals surface area contributed by atoms with Crippen LogP contribution in [0.4, 0.5) is 0 Å². The van der Waals surface area contributed by atoms with Crippen LogP contribution in [0.3, 0.4) is 0 Å². The van der Waals surface area contributed by atoms with E-state index in [1.807, 2.05) is 23.7 Å². The Morgan fingerprint density at radius 3 is 2.48 bits per heavy atom. The molecule has 0 bridgehead atoms. The van der Waals surface area contributed by atoms with Gasteiger partial charge in [0, 0.05) is 31.1 Å². The van der Waals surface area contributed by atoms with Crippen molar-refractivity contribution in [3.63, 3.8) is 0 Å². The van der Waals surface area contributed by atoms with Crippen molar-refractivity contribution in [3.05, 3.63) is 52.3 Å². The van der Waals surface area contributed by atoms with Gasteiger partial charge in [-0.3, -0.25) is 4.79 Å². The van der Waals surface area contributed by atoms with E-state index in [9.17, 15) is 13.2 Å². The number of fused-ring (bicyclic) bond motifs is 1. The molecule has 10 heteroatoms. The molecule has 2 heterocycles. The van der Waals surface area contributed by atoms with Crippen molar-refractivity contribution >= 4 is 49.1 Å². The zero-order chi connectivity index (χ0) is 22.2. The maximum atomic E-state index is 12.9. The van der Waals surface area contributed by atoms with Crippen molar-refractivity contribution in [2.24, 2.45) is 18.0 Å². The fourth-order valence-corrected chi connectivity index (χ4v) is 6.41. The fourth-order valence-electron chi connectivity index (χ4n) is 3.64. The number of amides is 1. The molecular weight excluding hydrogens is 458 g/mol. The van der Waals surface area contributed by atoms with E-state index in [0.717, 1.165) is 10.2 Å². The minimum Gasteiger partial charge on any atom is -0.497 e. The number of benzene rings is 2. The van der Waals surface area contributed by atoms with Crippen LogP contribution >= 0.6 is 22.9 Å². The zero-order valence-corrected chi connectivity index (χ0v) is 19.5. The van der Waals surface area contributed by atoms with E-state index in [-0.39, 0.29) is 29.8 Å². The van der Waals surface area contributed by atoms with Crippen LogP contribution in [0.15, 0.2) is 52.4 Å². The summed E-state index contributed by atoms with van der Waals surface area (Å²) in [6.45, 7) is 0.572. The van der Waals surface area contributed by atoms with Crippen molar-refractivity contribution in [1.29, 1.82) is 0 Å². The van der Waals surface area contributed by atoms with Crippen molar-refractivity contribution in [2.75, 3.05) is 20.2 Å². The van der Waals surface area contributed by atoms with Gasteiger partial charge < -0.3 is 9.30 Å². The van der Waals surface area contributed by atoms with Gasteiger partial charge in [0.25, 0.3) is 5.91 Å². The number of thiazole rings is 1. The van der Waals surface area contributed by atoms with Gasteiger partial charge >= 0.3 is 0 Å². The smallest absolute Gasteiger partial charge is 0.251 e. The second kappa shape index (κ2) is 8.74. The van der Waals surface area contributed by atoms with Crippen LogP contribution in [0.5, 0.6) is 5.75 Å². The highest BCUT2D eigenvalue weighted by Gasteiger charge is 2.32. The number of sulfonamides is 1. The normalized spacial score (nSPS) is 16.7. The summed E-state index contributed by atoms with van der Waals surface area (Å²) in [5, 5.41) is 0.637. The molecule has 1 amide bonds. The summed E-state index contributed by atoms with van der Waals surface area (Å²) in [7, 11) is -0.206. The zero-order valence-electron chi connectivity index (χ0n) is 17.1. The van der Waals surface area contributed by atoms with E-state index < -0.39 is 10.0 Å². The SMILES string of the molecule is COc1ccc(S(=O)(=O)N2CCC(C(=O)N=c3sc4cc(Cl)ccc4n3C)CC2)cc1. The Bertz CT molecular complexity index is 1290. The predicted molar refractivity (Wildman–Crippen MR) is 121 cm³/mol. The molecule has 0 saturated carbocycles. The number of piperidine rings is 1. The number of aromatic nitrogens is 1. The molecule has 0 N–H and O–H groups in total. The monoisotopic (exact) mass is 479 g/mol. The van der Waals surface area contributed by atoms with Gasteiger partial charge in [0.05, 0.1) is 22.2 Å². The topological polar surface area (TPSA) is 81.0 Å². The van der Waals surface area contributed by atoms with Gasteiger partial charge in [-0.05, 0) is 55.3 Å². The molecule has 1 saturated heterocycles. The molecule has 0 radical (unpaired) electrons. The first-order valence-corrected chi connectivity index (χ1v) is 12.4. The third kappa shape index (κ3) is 4.41. The first-order chi connectivity index (χ1) is 14.8. The Kier molecular flexibility index (Phi) is 6.20. The highest BCUT2D eigenvalue weighted by atomic mass is 35.5. The maximum Gasteiger partial charge on any atom is 0.251 e. The maximum absolute atomic E-state index is 12.9. The van der Waals surface area contributed by atoms with Gasteiger partial charge in [0.1, 0.15) is 5.75 Å². The molecule has 4 rings (SSSR count). The van der Waals surface area contributed by atoms with Crippen LogP contribution in [0.25, 0.3) is 10.2 Å². The minimum absolute atomic E-state index is 0.213. The van der Waals surface area contributed by atoms with Crippen LogP contribution in [0.2, 0.25) is 5.02 Å². The molecule has 7 nitrogen and oxygen atoms in total. The molecule has 3 aromatic rings. The molecule has 1 fully saturated rings. The molecule has 1 aromatic heterocycles. The highest BCUT2D eigenvalue weighted by Crippen LogP contribution is 2.26. The predicted octanol–water partition coefficient (Wildman–Crippen LogP) is 3.43. The largest absolute Gasteiger partial charge is 0.497 e. The molecule has 0 unspecified atom stereocenters. The number of hydrogen-bond acceptors (Lipinski definition) is 5. The Morgan fingerprint density at radius 2 is 1.84 bits per heavy atom. The highest BCUT2D eigenvalue weighted by molar-refractivity contribution is 7.89. The first-order valence-electron chi connectivity index (χ1n) is 9.77. The van der Waals surface area contributed by atoms with E-state index in [2.05, 4.69) is 4.99 Å². The van der Waals surface area contributed by atoms with Crippen molar-refractivity contribution < 1.29 is 17.9 Å². The number of methoxy groups -OCH3 is 1. The number of hydrogen-bond donors (Lipinski definition) is 0. The summed E-state index contributed by atoms with van der Waals surface area (Å²) in [5.41, 5.74) is 0.960. The second-order valence-corrected chi connectivity index (χ2v) is 10.7. The molecule has 0 spiro atoms. The number of nitrogens with zero attached hydrogens (tertiary/aromatic N) is 3. The first kappa shape index (κ1) is 22.0. The number of rotatable bonds is 4. The van der Waals surface area contributed by atoms with Gasteiger partial charge in [-0.15, -0.1) is 0 Å². The standard InChI is InChI=1S/C21H22ClN3O4S2/c1-24-18-8-3-15(22)13-19(18)30-21(24)23-20(26)14-9-11-25(12-10-14)31(27,28)17-6-4-16(29-2)5-7-17/h3-8,13-14H,9-12H2,1-2H3.